The van der Waals surface area contributed by atoms with Gasteiger partial charge in [-0.15, -0.1) is 0 Å². The van der Waals surface area contributed by atoms with Crippen LogP contribution in [-0.4, -0.2) is 33.6 Å². The summed E-state index contributed by atoms with van der Waals surface area (Å²) in [6, 6.07) is 11.0. The smallest absolute Gasteiger partial charge is 0.292 e. The molecule has 3 aromatic rings. The lowest BCUT2D eigenvalue weighted by molar-refractivity contribution is 0.0987. The van der Waals surface area contributed by atoms with Crippen LogP contribution in [-0.2, 0) is 13.0 Å². The van der Waals surface area contributed by atoms with Gasteiger partial charge in [-0.25, -0.2) is 4.98 Å². The van der Waals surface area contributed by atoms with Gasteiger partial charge in [-0.2, -0.15) is 0 Å². The Morgan fingerprint density at radius 1 is 1.21 bits per heavy atom. The highest BCUT2D eigenvalue weighted by atomic mass is 16.5. The largest absolute Gasteiger partial charge is 0.360 e. The Morgan fingerprint density at radius 3 is 2.71 bits per heavy atom. The molecule has 0 bridgehead atoms. The minimum Gasteiger partial charge on any atom is -0.360 e. The number of amides is 2. The summed E-state index contributed by atoms with van der Waals surface area (Å²) in [5.41, 5.74) is 1.90. The van der Waals surface area contributed by atoms with E-state index in [1.807, 2.05) is 34.9 Å². The highest BCUT2D eigenvalue weighted by Crippen LogP contribution is 2.24. The molecule has 3 heterocycles. The van der Waals surface area contributed by atoms with Gasteiger partial charge in [0.1, 0.15) is 5.76 Å². The predicted octanol–water partition coefficient (Wildman–Crippen LogP) is 3.04. The first kappa shape index (κ1) is 18.0. The summed E-state index contributed by atoms with van der Waals surface area (Å²) in [5, 5.41) is 6.47. The summed E-state index contributed by atoms with van der Waals surface area (Å²) < 4.78 is 6.83. The number of carbonyl (C=O) groups is 2. The van der Waals surface area contributed by atoms with E-state index in [1.165, 1.54) is 0 Å². The number of nitrogens with zero attached hydrogens (tertiary/aromatic N) is 4. The fourth-order valence-corrected chi connectivity index (χ4v) is 3.41. The normalized spacial score (nSPS) is 13.1. The topological polar surface area (TPSA) is 93.3 Å². The van der Waals surface area contributed by atoms with Gasteiger partial charge in [0.05, 0.1) is 5.69 Å². The number of fused-ring (bicyclic) bond motifs is 1. The number of anilines is 2. The van der Waals surface area contributed by atoms with E-state index in [0.29, 0.717) is 30.2 Å². The lowest BCUT2D eigenvalue weighted by Gasteiger charge is -2.19. The van der Waals surface area contributed by atoms with E-state index in [-0.39, 0.29) is 11.7 Å². The number of nitrogens with one attached hydrogen (secondary N) is 1. The molecule has 28 heavy (non-hydrogen) atoms. The molecular formula is C20H21N5O3. The number of hydrogen-bond acceptors (Lipinski definition) is 5. The predicted molar refractivity (Wildman–Crippen MR) is 104 cm³/mol. The maximum Gasteiger partial charge on any atom is 0.292 e. The SMILES string of the molecule is Cc1cc(NC(=O)c2nc(C(=O)N(C)c3ccccc3)c3n2CCCC3)no1. The average Bonchev–Trinajstić information content (AvgIpc) is 3.31. The first-order chi connectivity index (χ1) is 13.5. The molecule has 1 N–H and O–H groups in total. The quantitative estimate of drug-likeness (QED) is 0.752. The van der Waals surface area contributed by atoms with Crippen LogP contribution in [0.15, 0.2) is 40.9 Å². The summed E-state index contributed by atoms with van der Waals surface area (Å²) in [5.74, 6) is 0.511. The second kappa shape index (κ2) is 7.30. The molecule has 8 heteroatoms. The van der Waals surface area contributed by atoms with Crippen molar-refractivity contribution in [1.82, 2.24) is 14.7 Å². The van der Waals surface area contributed by atoms with Gasteiger partial charge in [-0.3, -0.25) is 9.59 Å². The molecule has 1 aromatic carbocycles. The second-order valence-corrected chi connectivity index (χ2v) is 6.82. The third kappa shape index (κ3) is 3.28. The Labute approximate surface area is 162 Å². The first-order valence-electron chi connectivity index (χ1n) is 9.22. The third-order valence-corrected chi connectivity index (χ3v) is 4.84. The molecule has 0 unspecified atom stereocenters. The van der Waals surface area contributed by atoms with Crippen LogP contribution < -0.4 is 10.2 Å². The Balaban J connectivity index is 1.67. The van der Waals surface area contributed by atoms with Crippen molar-refractivity contribution in [3.8, 4) is 0 Å². The second-order valence-electron chi connectivity index (χ2n) is 6.82. The van der Waals surface area contributed by atoms with Crippen molar-refractivity contribution in [2.45, 2.75) is 32.7 Å². The molecule has 0 saturated carbocycles. The molecule has 0 saturated heterocycles. The van der Waals surface area contributed by atoms with Crippen molar-refractivity contribution in [3.05, 3.63) is 59.4 Å². The van der Waals surface area contributed by atoms with Crippen LogP contribution in [0.4, 0.5) is 11.5 Å². The van der Waals surface area contributed by atoms with Crippen molar-refractivity contribution >= 4 is 23.3 Å². The van der Waals surface area contributed by atoms with Gasteiger partial charge < -0.3 is 19.3 Å². The summed E-state index contributed by atoms with van der Waals surface area (Å²) in [4.78, 5) is 31.9. The molecule has 1 aliphatic rings. The van der Waals surface area contributed by atoms with Crippen LogP contribution in [0.1, 0.15) is 45.4 Å². The van der Waals surface area contributed by atoms with Gasteiger partial charge in [-0.1, -0.05) is 23.4 Å². The third-order valence-electron chi connectivity index (χ3n) is 4.84. The van der Waals surface area contributed by atoms with E-state index in [0.717, 1.165) is 24.2 Å². The Bertz CT molecular complexity index is 1020. The molecule has 0 spiro atoms. The number of aryl methyl sites for hydroxylation is 1. The number of para-hydroxylation sites is 1. The molecular weight excluding hydrogens is 358 g/mol. The molecule has 2 aromatic heterocycles. The zero-order valence-electron chi connectivity index (χ0n) is 15.8. The zero-order valence-corrected chi connectivity index (χ0v) is 15.8. The van der Waals surface area contributed by atoms with Crippen molar-refractivity contribution in [1.29, 1.82) is 0 Å². The Kier molecular flexibility index (Phi) is 4.68. The number of imidazole rings is 1. The van der Waals surface area contributed by atoms with Gasteiger partial charge in [0, 0.05) is 25.3 Å². The monoisotopic (exact) mass is 379 g/mol. The standard InChI is InChI=1S/C20H21N5O3/c1-13-12-16(23-28-13)21-19(26)18-22-17(15-10-6-7-11-25(15)18)20(27)24(2)14-8-4-3-5-9-14/h3-5,8-9,12H,6-7,10-11H2,1-2H3,(H,21,23,26). The number of rotatable bonds is 4. The van der Waals surface area contributed by atoms with Crippen LogP contribution in [0.25, 0.3) is 0 Å². The van der Waals surface area contributed by atoms with Crippen LogP contribution in [0.5, 0.6) is 0 Å². The molecule has 1 aliphatic heterocycles. The molecule has 144 valence electrons. The number of aromatic nitrogens is 3. The average molecular weight is 379 g/mol. The highest BCUT2D eigenvalue weighted by molar-refractivity contribution is 6.07. The van der Waals surface area contributed by atoms with Crippen LogP contribution in [0.2, 0.25) is 0 Å². The van der Waals surface area contributed by atoms with Crippen molar-refractivity contribution < 1.29 is 14.1 Å². The molecule has 8 nitrogen and oxygen atoms in total. The molecule has 4 rings (SSSR count). The summed E-state index contributed by atoms with van der Waals surface area (Å²) in [7, 11) is 1.71. The van der Waals surface area contributed by atoms with Gasteiger partial charge in [0.2, 0.25) is 0 Å². The minimum atomic E-state index is -0.405. The number of carbonyl (C=O) groups excluding carboxylic acids is 2. The van der Waals surface area contributed by atoms with E-state index in [1.54, 1.807) is 24.9 Å². The van der Waals surface area contributed by atoms with Gasteiger partial charge in [-0.05, 0) is 38.3 Å². The van der Waals surface area contributed by atoms with Crippen molar-refractivity contribution in [2.75, 3.05) is 17.3 Å². The fraction of sp³-hybridized carbons (Fsp3) is 0.300. The van der Waals surface area contributed by atoms with Crippen LogP contribution >= 0.6 is 0 Å². The minimum absolute atomic E-state index is 0.222. The molecule has 0 aliphatic carbocycles. The van der Waals surface area contributed by atoms with Gasteiger partial charge >= 0.3 is 0 Å². The van der Waals surface area contributed by atoms with E-state index in [9.17, 15) is 9.59 Å². The highest BCUT2D eigenvalue weighted by Gasteiger charge is 2.29. The first-order valence-corrected chi connectivity index (χ1v) is 9.22. The maximum atomic E-state index is 13.1. The molecule has 0 fully saturated rings. The molecule has 0 radical (unpaired) electrons. The number of benzene rings is 1. The summed E-state index contributed by atoms with van der Waals surface area (Å²) in [6.07, 6.45) is 2.62. The van der Waals surface area contributed by atoms with Crippen molar-refractivity contribution in [3.63, 3.8) is 0 Å². The van der Waals surface area contributed by atoms with E-state index in [2.05, 4.69) is 15.5 Å². The van der Waals surface area contributed by atoms with Gasteiger partial charge in [0.15, 0.2) is 17.3 Å². The lowest BCUT2D eigenvalue weighted by atomic mass is 10.1. The fourth-order valence-electron chi connectivity index (χ4n) is 3.41. The maximum absolute atomic E-state index is 13.1. The summed E-state index contributed by atoms with van der Waals surface area (Å²) >= 11 is 0. The van der Waals surface area contributed by atoms with Crippen LogP contribution in [0.3, 0.4) is 0 Å². The lowest BCUT2D eigenvalue weighted by Crippen LogP contribution is -2.28. The summed E-state index contributed by atoms with van der Waals surface area (Å²) in [6.45, 7) is 2.40. The Hall–Kier alpha value is -3.42. The molecule has 0 atom stereocenters. The molecule has 2 amide bonds. The Morgan fingerprint density at radius 2 is 2.00 bits per heavy atom. The van der Waals surface area contributed by atoms with E-state index >= 15 is 0 Å². The van der Waals surface area contributed by atoms with Crippen molar-refractivity contribution in [2.24, 2.45) is 0 Å². The van der Waals surface area contributed by atoms with Crippen LogP contribution in [0, 0.1) is 6.92 Å². The van der Waals surface area contributed by atoms with Gasteiger partial charge in [0.25, 0.3) is 11.8 Å². The number of hydrogen-bond donors (Lipinski definition) is 1. The van der Waals surface area contributed by atoms with E-state index in [4.69, 9.17) is 4.52 Å². The van der Waals surface area contributed by atoms with E-state index < -0.39 is 5.91 Å². The zero-order chi connectivity index (χ0) is 19.7.